The number of nitro groups is 1. The van der Waals surface area contributed by atoms with Crippen molar-refractivity contribution in [1.82, 2.24) is 15.3 Å². The molecule has 2 heterocycles. The van der Waals surface area contributed by atoms with E-state index in [4.69, 9.17) is 0 Å². The maximum atomic E-state index is 12.0. The number of hydrogen-bond donors (Lipinski definition) is 2. The molecule has 1 aromatic carbocycles. The SMILES string of the molecule is Cc1ccc([N+](=O)[O-])cc1-c1nc2c(c(=O)[nH]1)CNC2. The Hall–Kier alpha value is -2.54. The Morgan fingerprint density at radius 1 is 1.35 bits per heavy atom. The molecule has 3 rings (SSSR count). The van der Waals surface area contributed by atoms with Crippen LogP contribution in [0.25, 0.3) is 11.4 Å². The van der Waals surface area contributed by atoms with E-state index in [1.807, 2.05) is 6.92 Å². The highest BCUT2D eigenvalue weighted by molar-refractivity contribution is 5.64. The van der Waals surface area contributed by atoms with E-state index < -0.39 is 4.92 Å². The molecule has 7 heteroatoms. The van der Waals surface area contributed by atoms with E-state index in [0.717, 1.165) is 5.56 Å². The van der Waals surface area contributed by atoms with Gasteiger partial charge in [0.25, 0.3) is 11.2 Å². The minimum atomic E-state index is -0.462. The number of aromatic nitrogens is 2. The predicted octanol–water partition coefficient (Wildman–Crippen LogP) is 1.26. The quantitative estimate of drug-likeness (QED) is 0.633. The van der Waals surface area contributed by atoms with Crippen LogP contribution < -0.4 is 10.9 Å². The fraction of sp³-hybridized carbons (Fsp3) is 0.231. The summed E-state index contributed by atoms with van der Waals surface area (Å²) in [5.41, 5.74) is 2.52. The minimum absolute atomic E-state index is 0.0214. The van der Waals surface area contributed by atoms with Gasteiger partial charge in [-0.05, 0) is 12.5 Å². The van der Waals surface area contributed by atoms with E-state index in [1.165, 1.54) is 12.1 Å². The number of benzene rings is 1. The summed E-state index contributed by atoms with van der Waals surface area (Å²) in [6.07, 6.45) is 0. The minimum Gasteiger partial charge on any atom is -0.307 e. The molecule has 1 aliphatic rings. The van der Waals surface area contributed by atoms with Crippen LogP contribution in [0.1, 0.15) is 16.8 Å². The Morgan fingerprint density at radius 2 is 2.15 bits per heavy atom. The third kappa shape index (κ3) is 1.97. The smallest absolute Gasteiger partial charge is 0.270 e. The molecular formula is C13H12N4O3. The van der Waals surface area contributed by atoms with Crippen LogP contribution in [0.4, 0.5) is 5.69 Å². The number of aromatic amines is 1. The number of nitro benzene ring substituents is 1. The molecule has 0 unspecified atom stereocenters. The maximum absolute atomic E-state index is 12.0. The predicted molar refractivity (Wildman–Crippen MR) is 72.2 cm³/mol. The number of H-pyrrole nitrogens is 1. The molecule has 0 radical (unpaired) electrons. The molecule has 2 N–H and O–H groups in total. The maximum Gasteiger partial charge on any atom is 0.270 e. The normalized spacial score (nSPS) is 13.2. The summed E-state index contributed by atoms with van der Waals surface area (Å²) < 4.78 is 0. The Labute approximate surface area is 113 Å². The number of nitrogens with zero attached hydrogens (tertiary/aromatic N) is 2. The van der Waals surface area contributed by atoms with Crippen LogP contribution >= 0.6 is 0 Å². The fourth-order valence-electron chi connectivity index (χ4n) is 2.29. The van der Waals surface area contributed by atoms with E-state index in [1.54, 1.807) is 6.07 Å². The largest absolute Gasteiger partial charge is 0.307 e. The van der Waals surface area contributed by atoms with Crippen molar-refractivity contribution in [3.8, 4) is 11.4 Å². The van der Waals surface area contributed by atoms with Crippen molar-refractivity contribution in [3.63, 3.8) is 0 Å². The van der Waals surface area contributed by atoms with Gasteiger partial charge in [0.05, 0.1) is 16.2 Å². The van der Waals surface area contributed by atoms with Gasteiger partial charge in [0.2, 0.25) is 0 Å². The van der Waals surface area contributed by atoms with Crippen LogP contribution in [-0.4, -0.2) is 14.9 Å². The molecule has 1 aromatic heterocycles. The average Bonchev–Trinajstić information content (AvgIpc) is 2.87. The van der Waals surface area contributed by atoms with Crippen LogP contribution in [-0.2, 0) is 13.1 Å². The standard InChI is InChI=1S/C13H12N4O3/c1-7-2-3-8(17(19)20)4-9(7)12-15-11-6-14-5-10(11)13(18)16-12/h2-4,14H,5-6H2,1H3,(H,15,16,18). The van der Waals surface area contributed by atoms with E-state index in [0.29, 0.717) is 35.7 Å². The van der Waals surface area contributed by atoms with Gasteiger partial charge in [0.15, 0.2) is 0 Å². The zero-order valence-corrected chi connectivity index (χ0v) is 10.8. The van der Waals surface area contributed by atoms with Crippen molar-refractivity contribution < 1.29 is 4.92 Å². The summed E-state index contributed by atoms with van der Waals surface area (Å²) in [4.78, 5) is 29.5. The summed E-state index contributed by atoms with van der Waals surface area (Å²) in [5, 5.41) is 13.9. The van der Waals surface area contributed by atoms with Gasteiger partial charge >= 0.3 is 0 Å². The molecule has 102 valence electrons. The van der Waals surface area contributed by atoms with Crippen LogP contribution in [0.2, 0.25) is 0 Å². The first kappa shape index (κ1) is 12.5. The first-order valence-electron chi connectivity index (χ1n) is 6.14. The zero-order chi connectivity index (χ0) is 14.3. The fourth-order valence-corrected chi connectivity index (χ4v) is 2.29. The summed E-state index contributed by atoms with van der Waals surface area (Å²) in [6, 6.07) is 4.52. The third-order valence-electron chi connectivity index (χ3n) is 3.38. The molecule has 0 saturated heterocycles. The van der Waals surface area contributed by atoms with E-state index in [-0.39, 0.29) is 11.2 Å². The zero-order valence-electron chi connectivity index (χ0n) is 10.8. The molecule has 20 heavy (non-hydrogen) atoms. The summed E-state index contributed by atoms with van der Waals surface area (Å²) in [5.74, 6) is 0.374. The molecule has 0 bridgehead atoms. The van der Waals surface area contributed by atoms with Crippen LogP contribution in [0.5, 0.6) is 0 Å². The number of aryl methyl sites for hydroxylation is 1. The average molecular weight is 272 g/mol. The molecule has 0 aliphatic carbocycles. The Bertz CT molecular complexity index is 767. The van der Waals surface area contributed by atoms with Gasteiger partial charge in [-0.1, -0.05) is 6.07 Å². The van der Waals surface area contributed by atoms with E-state index in [2.05, 4.69) is 15.3 Å². The molecule has 0 atom stereocenters. The number of hydrogen-bond acceptors (Lipinski definition) is 5. The molecule has 0 spiro atoms. The van der Waals surface area contributed by atoms with Crippen molar-refractivity contribution in [3.05, 3.63) is 55.5 Å². The first-order chi connectivity index (χ1) is 9.56. The Balaban J connectivity index is 2.19. The third-order valence-corrected chi connectivity index (χ3v) is 3.38. The number of non-ortho nitro benzene ring substituents is 1. The van der Waals surface area contributed by atoms with Crippen molar-refractivity contribution in [2.24, 2.45) is 0 Å². The Morgan fingerprint density at radius 3 is 2.90 bits per heavy atom. The summed E-state index contributed by atoms with van der Waals surface area (Å²) in [6.45, 7) is 2.87. The van der Waals surface area contributed by atoms with Crippen molar-refractivity contribution in [1.29, 1.82) is 0 Å². The molecule has 0 fully saturated rings. The number of fused-ring (bicyclic) bond motifs is 1. The second-order valence-corrected chi connectivity index (χ2v) is 4.70. The van der Waals surface area contributed by atoms with Crippen LogP contribution in [0, 0.1) is 17.0 Å². The van der Waals surface area contributed by atoms with Crippen molar-refractivity contribution >= 4 is 5.69 Å². The molecular weight excluding hydrogens is 260 g/mol. The van der Waals surface area contributed by atoms with Gasteiger partial charge < -0.3 is 10.3 Å². The summed E-state index contributed by atoms with van der Waals surface area (Å²) in [7, 11) is 0. The van der Waals surface area contributed by atoms with Gasteiger partial charge in [-0.2, -0.15) is 0 Å². The lowest BCUT2D eigenvalue weighted by molar-refractivity contribution is -0.384. The highest BCUT2D eigenvalue weighted by atomic mass is 16.6. The van der Waals surface area contributed by atoms with Gasteiger partial charge in [-0.3, -0.25) is 14.9 Å². The Kier molecular flexibility index (Phi) is 2.83. The topological polar surface area (TPSA) is 101 Å². The number of rotatable bonds is 2. The summed E-state index contributed by atoms with van der Waals surface area (Å²) >= 11 is 0. The molecule has 0 saturated carbocycles. The van der Waals surface area contributed by atoms with Gasteiger partial charge in [0.1, 0.15) is 5.82 Å². The molecule has 1 aliphatic heterocycles. The number of nitrogens with one attached hydrogen (secondary N) is 2. The van der Waals surface area contributed by atoms with Crippen LogP contribution in [0.3, 0.4) is 0 Å². The highest BCUT2D eigenvalue weighted by Crippen LogP contribution is 2.25. The van der Waals surface area contributed by atoms with E-state index >= 15 is 0 Å². The highest BCUT2D eigenvalue weighted by Gasteiger charge is 2.19. The molecule has 0 amide bonds. The monoisotopic (exact) mass is 272 g/mol. The lowest BCUT2D eigenvalue weighted by Crippen LogP contribution is -2.16. The van der Waals surface area contributed by atoms with E-state index in [9.17, 15) is 14.9 Å². The van der Waals surface area contributed by atoms with Gasteiger partial charge in [-0.25, -0.2) is 4.98 Å². The first-order valence-corrected chi connectivity index (χ1v) is 6.14. The molecule has 7 nitrogen and oxygen atoms in total. The van der Waals surface area contributed by atoms with Gasteiger partial charge in [-0.15, -0.1) is 0 Å². The van der Waals surface area contributed by atoms with Crippen LogP contribution in [0.15, 0.2) is 23.0 Å². The second kappa shape index (κ2) is 4.53. The lowest BCUT2D eigenvalue weighted by atomic mass is 10.1. The van der Waals surface area contributed by atoms with Crippen molar-refractivity contribution in [2.75, 3.05) is 0 Å². The van der Waals surface area contributed by atoms with Gasteiger partial charge in [0, 0.05) is 30.8 Å². The van der Waals surface area contributed by atoms with Crippen molar-refractivity contribution in [2.45, 2.75) is 20.0 Å². The molecule has 2 aromatic rings. The second-order valence-electron chi connectivity index (χ2n) is 4.70. The lowest BCUT2D eigenvalue weighted by Gasteiger charge is -2.06.